The summed E-state index contributed by atoms with van der Waals surface area (Å²) in [4.78, 5) is 26.8. The van der Waals surface area contributed by atoms with E-state index in [1.807, 2.05) is 12.1 Å². The molecule has 7 heteroatoms. The van der Waals surface area contributed by atoms with E-state index in [9.17, 15) is 9.59 Å². The minimum absolute atomic E-state index is 0.0790. The van der Waals surface area contributed by atoms with E-state index in [4.69, 9.17) is 5.73 Å². The van der Waals surface area contributed by atoms with Crippen molar-refractivity contribution < 1.29 is 9.59 Å². The average molecular weight is 387 g/mol. The van der Waals surface area contributed by atoms with Gasteiger partial charge in [-0.15, -0.1) is 11.3 Å². The van der Waals surface area contributed by atoms with Crippen LogP contribution in [0.1, 0.15) is 16.1 Å². The van der Waals surface area contributed by atoms with Crippen molar-refractivity contribution in [2.75, 3.05) is 5.32 Å². The Morgan fingerprint density at radius 3 is 2.89 bits per heavy atom. The maximum Gasteiger partial charge on any atom is 0.257 e. The second kappa shape index (κ2) is 6.11. The molecule has 5 nitrogen and oxygen atoms in total. The smallest absolute Gasteiger partial charge is 0.257 e. The number of carbonyl (C=O) groups is 2. The molecule has 2 amide bonds. The Hall–Kier alpha value is -1.48. The van der Waals surface area contributed by atoms with Crippen molar-refractivity contribution in [2.24, 2.45) is 5.73 Å². The first kappa shape index (κ1) is 13.9. The van der Waals surface area contributed by atoms with Crippen LogP contribution in [0.4, 0.5) is 5.13 Å². The van der Waals surface area contributed by atoms with E-state index < -0.39 is 5.91 Å². The lowest BCUT2D eigenvalue weighted by atomic mass is 10.2. The SMILES string of the molecule is NC(=O)Cc1csc(NC(=O)c2cccc(I)c2)n1. The van der Waals surface area contributed by atoms with E-state index in [2.05, 4.69) is 32.9 Å². The van der Waals surface area contributed by atoms with Gasteiger partial charge in [-0.05, 0) is 40.8 Å². The van der Waals surface area contributed by atoms with Crippen LogP contribution in [0.2, 0.25) is 0 Å². The minimum Gasteiger partial charge on any atom is -0.369 e. The van der Waals surface area contributed by atoms with Crippen LogP contribution in [0.25, 0.3) is 0 Å². The summed E-state index contributed by atoms with van der Waals surface area (Å²) in [5.74, 6) is -0.667. The zero-order chi connectivity index (χ0) is 13.8. The van der Waals surface area contributed by atoms with Crippen LogP contribution in [-0.4, -0.2) is 16.8 Å². The Bertz CT molecular complexity index is 627. The quantitative estimate of drug-likeness (QED) is 0.788. The summed E-state index contributed by atoms with van der Waals surface area (Å²) in [6.45, 7) is 0. The predicted octanol–water partition coefficient (Wildman–Crippen LogP) is 2.03. The van der Waals surface area contributed by atoms with Crippen LogP contribution in [0, 0.1) is 3.57 Å². The van der Waals surface area contributed by atoms with Gasteiger partial charge in [-0.1, -0.05) is 6.07 Å². The number of nitrogens with two attached hydrogens (primary N) is 1. The van der Waals surface area contributed by atoms with Crippen molar-refractivity contribution in [1.82, 2.24) is 4.98 Å². The van der Waals surface area contributed by atoms with Gasteiger partial charge in [0, 0.05) is 14.5 Å². The summed E-state index contributed by atoms with van der Waals surface area (Å²) in [5.41, 5.74) is 6.21. The van der Waals surface area contributed by atoms with Crippen molar-refractivity contribution in [3.8, 4) is 0 Å². The second-order valence-electron chi connectivity index (χ2n) is 3.75. The number of hydrogen-bond donors (Lipinski definition) is 2. The van der Waals surface area contributed by atoms with Crippen LogP contribution in [-0.2, 0) is 11.2 Å². The Morgan fingerprint density at radius 1 is 1.42 bits per heavy atom. The zero-order valence-electron chi connectivity index (χ0n) is 9.72. The number of nitrogens with zero attached hydrogens (tertiary/aromatic N) is 1. The highest BCUT2D eigenvalue weighted by molar-refractivity contribution is 14.1. The normalized spacial score (nSPS) is 10.2. The van der Waals surface area contributed by atoms with Gasteiger partial charge in [0.15, 0.2) is 5.13 Å². The molecule has 0 aliphatic carbocycles. The van der Waals surface area contributed by atoms with E-state index in [0.29, 0.717) is 16.4 Å². The molecular weight excluding hydrogens is 377 g/mol. The van der Waals surface area contributed by atoms with E-state index in [1.54, 1.807) is 17.5 Å². The summed E-state index contributed by atoms with van der Waals surface area (Å²) >= 11 is 3.41. The fourth-order valence-corrected chi connectivity index (χ4v) is 2.67. The monoisotopic (exact) mass is 387 g/mol. The molecule has 19 heavy (non-hydrogen) atoms. The molecule has 3 N–H and O–H groups in total. The number of amides is 2. The topological polar surface area (TPSA) is 85.1 Å². The maximum atomic E-state index is 12.0. The standard InChI is InChI=1S/C12H10IN3O2S/c13-8-3-1-2-7(4-8)11(18)16-12-15-9(6-19-12)5-10(14)17/h1-4,6H,5H2,(H2,14,17)(H,15,16,18). The largest absolute Gasteiger partial charge is 0.369 e. The van der Waals surface area contributed by atoms with Crippen LogP contribution in [0.15, 0.2) is 29.6 Å². The van der Waals surface area contributed by atoms with Gasteiger partial charge in [0.05, 0.1) is 12.1 Å². The molecular formula is C12H10IN3O2S. The van der Waals surface area contributed by atoms with Gasteiger partial charge in [-0.3, -0.25) is 14.9 Å². The molecule has 2 rings (SSSR count). The number of halogens is 1. The Labute approximate surface area is 127 Å². The number of primary amides is 1. The molecule has 1 aromatic heterocycles. The lowest BCUT2D eigenvalue weighted by molar-refractivity contribution is -0.117. The fraction of sp³-hybridized carbons (Fsp3) is 0.0833. The first-order valence-electron chi connectivity index (χ1n) is 5.34. The van der Waals surface area contributed by atoms with Crippen LogP contribution in [0.3, 0.4) is 0 Å². The molecule has 0 unspecified atom stereocenters. The van der Waals surface area contributed by atoms with Gasteiger partial charge >= 0.3 is 0 Å². The number of anilines is 1. The molecule has 0 fully saturated rings. The highest BCUT2D eigenvalue weighted by Gasteiger charge is 2.10. The number of aromatic nitrogens is 1. The molecule has 0 aliphatic rings. The van der Waals surface area contributed by atoms with E-state index in [1.165, 1.54) is 11.3 Å². The minimum atomic E-state index is -0.444. The summed E-state index contributed by atoms with van der Waals surface area (Å²) in [7, 11) is 0. The molecule has 1 aromatic carbocycles. The molecule has 0 saturated carbocycles. The molecule has 98 valence electrons. The third-order valence-electron chi connectivity index (χ3n) is 2.21. The zero-order valence-corrected chi connectivity index (χ0v) is 12.7. The maximum absolute atomic E-state index is 12.0. The first-order chi connectivity index (χ1) is 9.04. The molecule has 0 spiro atoms. The fourth-order valence-electron chi connectivity index (χ4n) is 1.42. The third-order valence-corrected chi connectivity index (χ3v) is 3.69. The summed E-state index contributed by atoms with van der Waals surface area (Å²) < 4.78 is 0.985. The second-order valence-corrected chi connectivity index (χ2v) is 5.86. The lowest BCUT2D eigenvalue weighted by Gasteiger charge is -2.01. The number of carbonyl (C=O) groups excluding carboxylic acids is 2. The van der Waals surface area contributed by atoms with Gasteiger partial charge in [-0.2, -0.15) is 0 Å². The molecule has 2 aromatic rings. The first-order valence-corrected chi connectivity index (χ1v) is 7.30. The van der Waals surface area contributed by atoms with Crippen LogP contribution >= 0.6 is 33.9 Å². The Balaban J connectivity index is 2.06. The summed E-state index contributed by atoms with van der Waals surface area (Å²) in [6, 6.07) is 7.24. The van der Waals surface area contributed by atoms with Gasteiger partial charge in [0.25, 0.3) is 5.91 Å². The number of thiazole rings is 1. The molecule has 1 heterocycles. The van der Waals surface area contributed by atoms with E-state index in [-0.39, 0.29) is 12.3 Å². The van der Waals surface area contributed by atoms with Crippen molar-refractivity contribution in [1.29, 1.82) is 0 Å². The van der Waals surface area contributed by atoms with Gasteiger partial charge < -0.3 is 5.73 Å². The summed E-state index contributed by atoms with van der Waals surface area (Å²) in [6.07, 6.45) is 0.0790. The average Bonchev–Trinajstić information content (AvgIpc) is 2.75. The van der Waals surface area contributed by atoms with Gasteiger partial charge in [0.2, 0.25) is 5.91 Å². The lowest BCUT2D eigenvalue weighted by Crippen LogP contribution is -2.14. The van der Waals surface area contributed by atoms with Gasteiger partial charge in [-0.25, -0.2) is 4.98 Å². The molecule has 0 radical (unpaired) electrons. The molecule has 0 atom stereocenters. The Morgan fingerprint density at radius 2 is 2.21 bits per heavy atom. The van der Waals surface area contributed by atoms with E-state index >= 15 is 0 Å². The van der Waals surface area contributed by atoms with Crippen molar-refractivity contribution in [3.63, 3.8) is 0 Å². The summed E-state index contributed by atoms with van der Waals surface area (Å²) in [5, 5.41) is 4.85. The highest BCUT2D eigenvalue weighted by atomic mass is 127. The van der Waals surface area contributed by atoms with Crippen molar-refractivity contribution >= 4 is 50.9 Å². The number of hydrogen-bond acceptors (Lipinski definition) is 4. The number of benzene rings is 1. The van der Waals surface area contributed by atoms with Crippen molar-refractivity contribution in [3.05, 3.63) is 44.5 Å². The number of nitrogens with one attached hydrogen (secondary N) is 1. The van der Waals surface area contributed by atoms with Crippen LogP contribution in [0.5, 0.6) is 0 Å². The molecule has 0 bridgehead atoms. The Kier molecular flexibility index (Phi) is 4.48. The third kappa shape index (κ3) is 4.00. The molecule has 0 aliphatic heterocycles. The van der Waals surface area contributed by atoms with Gasteiger partial charge in [0.1, 0.15) is 0 Å². The highest BCUT2D eigenvalue weighted by Crippen LogP contribution is 2.17. The predicted molar refractivity (Wildman–Crippen MR) is 82.1 cm³/mol. The van der Waals surface area contributed by atoms with E-state index in [0.717, 1.165) is 3.57 Å². The van der Waals surface area contributed by atoms with Crippen LogP contribution < -0.4 is 11.1 Å². The van der Waals surface area contributed by atoms with Crippen molar-refractivity contribution in [2.45, 2.75) is 6.42 Å². The number of rotatable bonds is 4. The molecule has 0 saturated heterocycles.